The second-order valence-corrected chi connectivity index (χ2v) is 5.54. The van der Waals surface area contributed by atoms with E-state index in [1.54, 1.807) is 18.5 Å². The zero-order chi connectivity index (χ0) is 16.9. The van der Waals surface area contributed by atoms with Crippen LogP contribution < -0.4 is 5.32 Å². The van der Waals surface area contributed by atoms with Crippen molar-refractivity contribution in [2.45, 2.75) is 18.9 Å². The number of hydrogen-bond acceptors (Lipinski definition) is 3. The third-order valence-corrected chi connectivity index (χ3v) is 3.80. The lowest BCUT2D eigenvalue weighted by molar-refractivity contribution is -0.141. The smallest absolute Gasteiger partial charge is 0.326 e. The van der Waals surface area contributed by atoms with Crippen molar-refractivity contribution < 1.29 is 14.7 Å². The van der Waals surface area contributed by atoms with Crippen molar-refractivity contribution in [3.05, 3.63) is 66.0 Å². The Kier molecular flexibility index (Phi) is 4.56. The molecule has 3 aromatic rings. The summed E-state index contributed by atoms with van der Waals surface area (Å²) in [5.74, 6) is -1.38. The van der Waals surface area contributed by atoms with E-state index < -0.39 is 12.0 Å². The largest absolute Gasteiger partial charge is 0.480 e. The minimum Gasteiger partial charge on any atom is -0.480 e. The first-order chi connectivity index (χ1) is 11.6. The summed E-state index contributed by atoms with van der Waals surface area (Å²) in [6.07, 6.45) is 3.74. The number of hydrogen-bond donors (Lipinski definition) is 3. The third kappa shape index (κ3) is 3.60. The van der Waals surface area contributed by atoms with E-state index >= 15 is 0 Å². The van der Waals surface area contributed by atoms with Crippen molar-refractivity contribution >= 4 is 22.9 Å². The van der Waals surface area contributed by atoms with Crippen LogP contribution in [0.5, 0.6) is 0 Å². The highest BCUT2D eigenvalue weighted by Crippen LogP contribution is 2.16. The summed E-state index contributed by atoms with van der Waals surface area (Å²) in [4.78, 5) is 30.8. The van der Waals surface area contributed by atoms with E-state index in [9.17, 15) is 14.7 Å². The molecule has 1 atom stereocenters. The van der Waals surface area contributed by atoms with Crippen molar-refractivity contribution in [2.75, 3.05) is 0 Å². The zero-order valence-electron chi connectivity index (χ0n) is 12.9. The van der Waals surface area contributed by atoms with Gasteiger partial charge in [0.25, 0.3) is 0 Å². The van der Waals surface area contributed by atoms with Crippen LogP contribution in [0, 0.1) is 0 Å². The molecular weight excluding hydrogens is 306 g/mol. The predicted molar refractivity (Wildman–Crippen MR) is 89.5 cm³/mol. The molecule has 6 heteroatoms. The van der Waals surface area contributed by atoms with Crippen LogP contribution in [0.15, 0.2) is 54.9 Å². The van der Waals surface area contributed by atoms with Gasteiger partial charge in [0.15, 0.2) is 0 Å². The molecule has 0 aliphatic heterocycles. The fourth-order valence-corrected chi connectivity index (χ4v) is 2.63. The molecule has 2 heterocycles. The van der Waals surface area contributed by atoms with E-state index in [1.165, 1.54) is 0 Å². The van der Waals surface area contributed by atoms with Gasteiger partial charge in [-0.3, -0.25) is 4.79 Å². The number of benzene rings is 1. The van der Waals surface area contributed by atoms with Gasteiger partial charge in [-0.05, 0) is 23.3 Å². The molecule has 0 radical (unpaired) electrons. The standard InChI is InChI=1S/C18H17N3O3/c22-16(10-13-11-20-17-14(13)7-4-8-19-17)21-15(18(23)24)9-12-5-2-1-3-6-12/h1-8,11,15H,9-10H2,(H,19,20)(H,21,22)(H,23,24)/t15-/m0/s1. The van der Waals surface area contributed by atoms with E-state index in [2.05, 4.69) is 15.3 Å². The van der Waals surface area contributed by atoms with Crippen molar-refractivity contribution in [1.82, 2.24) is 15.3 Å². The maximum atomic E-state index is 12.3. The van der Waals surface area contributed by atoms with Crippen molar-refractivity contribution in [3.63, 3.8) is 0 Å². The van der Waals surface area contributed by atoms with E-state index in [-0.39, 0.29) is 18.7 Å². The van der Waals surface area contributed by atoms with Crippen molar-refractivity contribution in [2.24, 2.45) is 0 Å². The number of aromatic amines is 1. The van der Waals surface area contributed by atoms with Crippen molar-refractivity contribution in [1.29, 1.82) is 0 Å². The normalized spacial score (nSPS) is 12.0. The Bertz CT molecular complexity index is 858. The molecule has 0 unspecified atom stereocenters. The SMILES string of the molecule is O=C(Cc1c[nH]c2ncccc12)N[C@@H](Cc1ccccc1)C(=O)O. The summed E-state index contributed by atoms with van der Waals surface area (Å²) in [7, 11) is 0. The summed E-state index contributed by atoms with van der Waals surface area (Å²) in [6, 6.07) is 11.9. The van der Waals surface area contributed by atoms with Gasteiger partial charge in [-0.1, -0.05) is 30.3 Å². The van der Waals surface area contributed by atoms with Crippen LogP contribution in [0.3, 0.4) is 0 Å². The molecular formula is C18H17N3O3. The number of carboxylic acid groups (broad SMARTS) is 1. The van der Waals surface area contributed by atoms with Crippen LogP contribution in [0.2, 0.25) is 0 Å². The van der Waals surface area contributed by atoms with Gasteiger partial charge in [0, 0.05) is 24.2 Å². The first-order valence-corrected chi connectivity index (χ1v) is 7.60. The van der Waals surface area contributed by atoms with E-state index in [4.69, 9.17) is 0 Å². The summed E-state index contributed by atoms with van der Waals surface area (Å²) in [5, 5.41) is 12.8. The number of carbonyl (C=O) groups is 2. The molecule has 0 aliphatic carbocycles. The Morgan fingerprint density at radius 2 is 1.96 bits per heavy atom. The van der Waals surface area contributed by atoms with Crippen LogP contribution in [0.1, 0.15) is 11.1 Å². The number of aromatic nitrogens is 2. The highest BCUT2D eigenvalue weighted by Gasteiger charge is 2.21. The van der Waals surface area contributed by atoms with Gasteiger partial charge in [-0.15, -0.1) is 0 Å². The van der Waals surface area contributed by atoms with Gasteiger partial charge in [0.05, 0.1) is 6.42 Å². The average molecular weight is 323 g/mol. The molecule has 6 nitrogen and oxygen atoms in total. The van der Waals surface area contributed by atoms with Crippen molar-refractivity contribution in [3.8, 4) is 0 Å². The second-order valence-electron chi connectivity index (χ2n) is 5.54. The van der Waals surface area contributed by atoms with Gasteiger partial charge < -0.3 is 15.4 Å². The Morgan fingerprint density at radius 3 is 2.71 bits per heavy atom. The first-order valence-electron chi connectivity index (χ1n) is 7.60. The van der Waals surface area contributed by atoms with E-state index in [0.29, 0.717) is 5.65 Å². The third-order valence-electron chi connectivity index (χ3n) is 3.80. The predicted octanol–water partition coefficient (Wildman–Crippen LogP) is 1.92. The number of rotatable bonds is 6. The van der Waals surface area contributed by atoms with Crippen LogP contribution in [0.25, 0.3) is 11.0 Å². The van der Waals surface area contributed by atoms with Gasteiger partial charge in [-0.25, -0.2) is 9.78 Å². The highest BCUT2D eigenvalue weighted by atomic mass is 16.4. The van der Waals surface area contributed by atoms with Gasteiger partial charge >= 0.3 is 5.97 Å². The second kappa shape index (κ2) is 6.95. The lowest BCUT2D eigenvalue weighted by atomic mass is 10.1. The lowest BCUT2D eigenvalue weighted by Crippen LogP contribution is -2.43. The molecule has 1 aromatic carbocycles. The fourth-order valence-electron chi connectivity index (χ4n) is 2.63. The number of carbonyl (C=O) groups excluding carboxylic acids is 1. The Morgan fingerprint density at radius 1 is 1.17 bits per heavy atom. The number of nitrogens with one attached hydrogen (secondary N) is 2. The molecule has 2 aromatic heterocycles. The monoisotopic (exact) mass is 323 g/mol. The molecule has 0 aliphatic rings. The molecule has 122 valence electrons. The Hall–Kier alpha value is -3.15. The van der Waals surface area contributed by atoms with Crippen LogP contribution in [-0.2, 0) is 22.4 Å². The maximum absolute atomic E-state index is 12.3. The molecule has 0 fully saturated rings. The summed E-state index contributed by atoms with van der Waals surface area (Å²) in [6.45, 7) is 0. The Labute approximate surface area is 138 Å². The minimum absolute atomic E-state index is 0.101. The number of aliphatic carboxylic acids is 1. The molecule has 0 bridgehead atoms. The first kappa shape index (κ1) is 15.7. The maximum Gasteiger partial charge on any atom is 0.326 e. The molecule has 3 N–H and O–H groups in total. The Balaban J connectivity index is 1.68. The number of H-pyrrole nitrogens is 1. The minimum atomic E-state index is -1.05. The lowest BCUT2D eigenvalue weighted by Gasteiger charge is -2.14. The van der Waals surface area contributed by atoms with Crippen LogP contribution >= 0.6 is 0 Å². The zero-order valence-corrected chi connectivity index (χ0v) is 12.9. The molecule has 0 saturated carbocycles. The number of fused-ring (bicyclic) bond motifs is 1. The summed E-state index contributed by atoms with van der Waals surface area (Å²) >= 11 is 0. The average Bonchev–Trinajstić information content (AvgIpc) is 2.98. The number of amides is 1. The fraction of sp³-hybridized carbons (Fsp3) is 0.167. The summed E-state index contributed by atoms with van der Waals surface area (Å²) < 4.78 is 0. The van der Waals surface area contributed by atoms with E-state index in [1.807, 2.05) is 36.4 Å². The number of pyridine rings is 1. The number of carboxylic acids is 1. The van der Waals surface area contributed by atoms with E-state index in [0.717, 1.165) is 16.5 Å². The quantitative estimate of drug-likeness (QED) is 0.646. The summed E-state index contributed by atoms with van der Waals surface area (Å²) in [5.41, 5.74) is 2.36. The topological polar surface area (TPSA) is 95.1 Å². The molecule has 1 amide bonds. The number of nitrogens with zero attached hydrogens (tertiary/aromatic N) is 1. The highest BCUT2D eigenvalue weighted by molar-refractivity contribution is 5.89. The van der Waals surface area contributed by atoms with Gasteiger partial charge in [0.1, 0.15) is 11.7 Å². The van der Waals surface area contributed by atoms with Gasteiger partial charge in [-0.2, -0.15) is 0 Å². The van der Waals surface area contributed by atoms with Gasteiger partial charge in [0.2, 0.25) is 5.91 Å². The molecule has 3 rings (SSSR count). The molecule has 0 saturated heterocycles. The molecule has 0 spiro atoms. The van der Waals surface area contributed by atoms with Crippen LogP contribution in [0.4, 0.5) is 0 Å². The molecule has 24 heavy (non-hydrogen) atoms. The van der Waals surface area contributed by atoms with Crippen LogP contribution in [-0.4, -0.2) is 33.0 Å².